The number of benzene rings is 2. The molecule has 2 fully saturated rings. The predicted octanol–water partition coefficient (Wildman–Crippen LogP) is 3.49. The number of H-pyrrole nitrogens is 1. The van der Waals surface area contributed by atoms with Gasteiger partial charge in [0.2, 0.25) is 0 Å². The van der Waals surface area contributed by atoms with Gasteiger partial charge in [0.15, 0.2) is 0 Å². The summed E-state index contributed by atoms with van der Waals surface area (Å²) in [5.74, 6) is 0.138. The summed E-state index contributed by atoms with van der Waals surface area (Å²) in [6.07, 6.45) is 4.27. The van der Waals surface area contributed by atoms with Gasteiger partial charge in [-0.1, -0.05) is 23.7 Å². The Kier molecular flexibility index (Phi) is 5.39. The van der Waals surface area contributed by atoms with Gasteiger partial charge in [0.05, 0.1) is 21.8 Å². The van der Waals surface area contributed by atoms with Crippen molar-refractivity contribution < 1.29 is 9.18 Å². The lowest BCUT2D eigenvalue weighted by atomic mass is 10.0. The van der Waals surface area contributed by atoms with Crippen LogP contribution in [0.25, 0.3) is 16.8 Å². The van der Waals surface area contributed by atoms with Crippen LogP contribution in [0.5, 0.6) is 0 Å². The zero-order chi connectivity index (χ0) is 23.2. The number of likely N-dealkylation sites (tertiary alicyclic amines) is 1. The van der Waals surface area contributed by atoms with Crippen LogP contribution in [-0.4, -0.2) is 44.6 Å². The number of aldehydes is 1. The first kappa shape index (κ1) is 21.6. The minimum atomic E-state index is -0.566. The van der Waals surface area contributed by atoms with Crippen LogP contribution >= 0.6 is 11.6 Å². The molecule has 0 bridgehead atoms. The Morgan fingerprint density at radius 2 is 2.03 bits per heavy atom. The molecule has 5 rings (SSSR count). The van der Waals surface area contributed by atoms with Crippen LogP contribution < -0.4 is 5.69 Å². The number of carbonyl (C=O) groups excluding carboxylic acids is 1. The molecule has 2 aliphatic rings. The topological polar surface area (TPSA) is 94.8 Å². The van der Waals surface area contributed by atoms with Gasteiger partial charge in [0, 0.05) is 13.0 Å². The molecule has 1 saturated heterocycles. The third-order valence-electron chi connectivity index (χ3n) is 6.72. The van der Waals surface area contributed by atoms with Crippen molar-refractivity contribution in [2.45, 2.75) is 31.2 Å². The van der Waals surface area contributed by atoms with Crippen molar-refractivity contribution in [1.29, 1.82) is 5.26 Å². The molecule has 0 radical (unpaired) electrons. The molecule has 7 nitrogen and oxygen atoms in total. The lowest BCUT2D eigenvalue weighted by Crippen LogP contribution is -2.36. The molecule has 3 aromatic rings. The number of carbonyl (C=O) groups is 1. The average molecular weight is 466 g/mol. The van der Waals surface area contributed by atoms with E-state index >= 15 is 4.39 Å². The summed E-state index contributed by atoms with van der Waals surface area (Å²) in [6, 6.07) is 11.5. The first-order valence-electron chi connectivity index (χ1n) is 10.8. The van der Waals surface area contributed by atoms with Gasteiger partial charge in [0.25, 0.3) is 0 Å². The van der Waals surface area contributed by atoms with Crippen LogP contribution in [0.2, 0.25) is 5.02 Å². The molecule has 168 valence electrons. The van der Waals surface area contributed by atoms with Crippen molar-refractivity contribution in [3.8, 4) is 22.9 Å². The van der Waals surface area contributed by atoms with E-state index in [9.17, 15) is 9.59 Å². The first-order chi connectivity index (χ1) is 15.9. The molecule has 0 unspecified atom stereocenters. The van der Waals surface area contributed by atoms with E-state index in [0.717, 1.165) is 38.6 Å². The lowest BCUT2D eigenvalue weighted by Gasteiger charge is -2.22. The molecule has 1 N–H and O–H groups in total. The zero-order valence-electron chi connectivity index (χ0n) is 17.7. The van der Waals surface area contributed by atoms with E-state index in [1.165, 1.54) is 10.6 Å². The lowest BCUT2D eigenvalue weighted by molar-refractivity contribution is -0.113. The fourth-order valence-corrected chi connectivity index (χ4v) is 4.89. The van der Waals surface area contributed by atoms with Gasteiger partial charge < -0.3 is 4.79 Å². The summed E-state index contributed by atoms with van der Waals surface area (Å²) >= 11 is 6.11. The molecule has 9 heteroatoms. The van der Waals surface area contributed by atoms with Crippen LogP contribution in [0, 0.1) is 23.1 Å². The number of aromatic nitrogens is 3. The minimum Gasteiger partial charge on any atom is -0.301 e. The maximum Gasteiger partial charge on any atom is 0.348 e. The number of hydrogen-bond donors (Lipinski definition) is 1. The van der Waals surface area contributed by atoms with Crippen molar-refractivity contribution >= 4 is 17.9 Å². The third kappa shape index (κ3) is 3.88. The van der Waals surface area contributed by atoms with E-state index in [1.54, 1.807) is 30.3 Å². The molecule has 33 heavy (non-hydrogen) atoms. The molecule has 0 amide bonds. The van der Waals surface area contributed by atoms with Crippen molar-refractivity contribution in [3.05, 3.63) is 69.1 Å². The Balaban J connectivity index is 1.40. The van der Waals surface area contributed by atoms with Crippen LogP contribution in [-0.2, 0) is 11.2 Å². The van der Waals surface area contributed by atoms with E-state index in [2.05, 4.69) is 15.1 Å². The van der Waals surface area contributed by atoms with Crippen molar-refractivity contribution in [2.24, 2.45) is 5.92 Å². The summed E-state index contributed by atoms with van der Waals surface area (Å²) in [6.45, 7) is 1.61. The molecular weight excluding hydrogens is 445 g/mol. The Morgan fingerprint density at radius 3 is 2.70 bits per heavy atom. The van der Waals surface area contributed by atoms with Crippen molar-refractivity contribution in [2.75, 3.05) is 13.1 Å². The van der Waals surface area contributed by atoms with Gasteiger partial charge >= 0.3 is 5.69 Å². The number of nitriles is 1. The second kappa shape index (κ2) is 8.25. The summed E-state index contributed by atoms with van der Waals surface area (Å²) in [7, 11) is 0. The van der Waals surface area contributed by atoms with E-state index in [0.29, 0.717) is 34.0 Å². The molecule has 1 aliphatic carbocycles. The summed E-state index contributed by atoms with van der Waals surface area (Å²) in [4.78, 5) is 26.1. The SMILES string of the molecule is N#Cc1ccc(-c2ccc(-n3c(C[C@@H]4CCN(C5(C=O)CC5)C4)n[nH]c3=O)c(F)c2)cc1Cl. The van der Waals surface area contributed by atoms with E-state index in [4.69, 9.17) is 16.9 Å². The van der Waals surface area contributed by atoms with Crippen LogP contribution in [0.1, 0.15) is 30.7 Å². The number of nitrogens with one attached hydrogen (secondary N) is 1. The van der Waals surface area contributed by atoms with Gasteiger partial charge in [-0.15, -0.1) is 0 Å². The molecule has 0 spiro atoms. The molecule has 1 atom stereocenters. The quantitative estimate of drug-likeness (QED) is 0.562. The maximum absolute atomic E-state index is 15.2. The maximum atomic E-state index is 15.2. The van der Waals surface area contributed by atoms with Gasteiger partial charge in [-0.05, 0) is 67.1 Å². The fraction of sp³-hybridized carbons (Fsp3) is 0.333. The molecule has 1 aliphatic heterocycles. The third-order valence-corrected chi connectivity index (χ3v) is 7.03. The number of nitrogens with zero attached hydrogens (tertiary/aromatic N) is 4. The number of halogens is 2. The summed E-state index contributed by atoms with van der Waals surface area (Å²) in [5.41, 5.74) is 0.915. The van der Waals surface area contributed by atoms with Gasteiger partial charge in [0.1, 0.15) is 24.0 Å². The van der Waals surface area contributed by atoms with Crippen LogP contribution in [0.4, 0.5) is 4.39 Å². The Morgan fingerprint density at radius 1 is 1.27 bits per heavy atom. The van der Waals surface area contributed by atoms with Crippen molar-refractivity contribution in [1.82, 2.24) is 19.7 Å². The summed E-state index contributed by atoms with van der Waals surface area (Å²) < 4.78 is 16.4. The standard InChI is InChI=1S/C24H21ClFN5O2/c25-19-10-16(1-2-18(19)12-27)17-3-4-21(20(26)11-17)31-22(28-29-23(31)33)9-15-5-8-30(13-15)24(14-32)6-7-24/h1-4,10-11,14-15H,5-9,13H2,(H,29,33)/t15-/m0/s1. The largest absolute Gasteiger partial charge is 0.348 e. The number of rotatable bonds is 6. The van der Waals surface area contributed by atoms with Crippen molar-refractivity contribution in [3.63, 3.8) is 0 Å². The number of hydrogen-bond acceptors (Lipinski definition) is 5. The molecule has 1 aromatic heterocycles. The highest BCUT2D eigenvalue weighted by atomic mass is 35.5. The summed E-state index contributed by atoms with van der Waals surface area (Å²) in [5, 5.41) is 15.9. The van der Waals surface area contributed by atoms with Crippen LogP contribution in [0.3, 0.4) is 0 Å². The molecule has 1 saturated carbocycles. The fourth-order valence-electron chi connectivity index (χ4n) is 4.67. The van der Waals surface area contributed by atoms with Gasteiger partial charge in [-0.25, -0.2) is 18.9 Å². The predicted molar refractivity (Wildman–Crippen MR) is 121 cm³/mol. The highest BCUT2D eigenvalue weighted by Crippen LogP contribution is 2.42. The first-order valence-corrected chi connectivity index (χ1v) is 11.2. The molecule has 2 heterocycles. The Bertz CT molecular complexity index is 1340. The van der Waals surface area contributed by atoms with E-state index in [1.807, 2.05) is 6.07 Å². The second-order valence-corrected chi connectivity index (χ2v) is 9.19. The average Bonchev–Trinajstić information content (AvgIpc) is 3.34. The highest BCUT2D eigenvalue weighted by molar-refractivity contribution is 6.32. The van der Waals surface area contributed by atoms with Gasteiger partial charge in [-0.2, -0.15) is 10.4 Å². The molecule has 2 aromatic carbocycles. The smallest absolute Gasteiger partial charge is 0.301 e. The molecular formula is C24H21ClFN5O2. The van der Waals surface area contributed by atoms with Crippen LogP contribution in [0.15, 0.2) is 41.2 Å². The monoisotopic (exact) mass is 465 g/mol. The van der Waals surface area contributed by atoms with E-state index in [-0.39, 0.29) is 17.1 Å². The second-order valence-electron chi connectivity index (χ2n) is 8.78. The van der Waals surface area contributed by atoms with Gasteiger partial charge in [-0.3, -0.25) is 4.90 Å². The Labute approximate surface area is 194 Å². The normalized spacial score (nSPS) is 19.4. The highest BCUT2D eigenvalue weighted by Gasteiger charge is 2.50. The Hall–Kier alpha value is -3.28. The van der Waals surface area contributed by atoms with E-state index < -0.39 is 11.5 Å². The zero-order valence-corrected chi connectivity index (χ0v) is 18.5. The number of aromatic amines is 1. The minimum absolute atomic E-state index is 0.119.